The molecular formula is C23H18N4O. The van der Waals surface area contributed by atoms with Crippen molar-refractivity contribution in [2.24, 2.45) is 0 Å². The molecule has 0 amide bonds. The molecule has 0 spiro atoms. The highest BCUT2D eigenvalue weighted by atomic mass is 16.5. The molecule has 5 heteroatoms. The zero-order valence-electron chi connectivity index (χ0n) is 15.4. The summed E-state index contributed by atoms with van der Waals surface area (Å²) >= 11 is 0. The fourth-order valence-corrected chi connectivity index (χ4v) is 3.37. The Balaban J connectivity index is 1.74. The van der Waals surface area contributed by atoms with E-state index in [0.29, 0.717) is 12.2 Å². The Kier molecular flexibility index (Phi) is 3.98. The van der Waals surface area contributed by atoms with E-state index in [1.165, 1.54) is 5.56 Å². The Morgan fingerprint density at radius 3 is 2.14 bits per heavy atom. The maximum atomic E-state index is 5.29. The van der Waals surface area contributed by atoms with Crippen LogP contribution in [0.1, 0.15) is 5.56 Å². The average Bonchev–Trinajstić information content (AvgIpc) is 3.10. The van der Waals surface area contributed by atoms with Gasteiger partial charge >= 0.3 is 0 Å². The summed E-state index contributed by atoms with van der Waals surface area (Å²) in [7, 11) is 1.67. The zero-order valence-corrected chi connectivity index (χ0v) is 15.4. The van der Waals surface area contributed by atoms with Gasteiger partial charge in [-0.2, -0.15) is 0 Å². The first-order valence-electron chi connectivity index (χ1n) is 9.13. The molecule has 0 aliphatic carbocycles. The van der Waals surface area contributed by atoms with Crippen molar-refractivity contribution in [3.8, 4) is 17.1 Å². The third kappa shape index (κ3) is 2.87. The topological polar surface area (TPSA) is 52.8 Å². The Hall–Kier alpha value is -3.73. The van der Waals surface area contributed by atoms with Crippen LogP contribution in [0.5, 0.6) is 5.75 Å². The first kappa shape index (κ1) is 16.4. The average molecular weight is 366 g/mol. The summed E-state index contributed by atoms with van der Waals surface area (Å²) < 4.78 is 7.42. The molecule has 5 nitrogen and oxygen atoms in total. The molecule has 0 unspecified atom stereocenters. The number of ether oxygens (including phenoxy) is 1. The first-order chi connectivity index (χ1) is 13.8. The standard InChI is InChI=1S/C23H18N4O/c1-28-18-13-11-17(12-14-18)22-26-21-23(25-20-10-6-5-9-19(20)24-21)27(22)15-16-7-3-2-4-8-16/h2-14H,15H2,1H3. The van der Waals surface area contributed by atoms with Crippen LogP contribution in [0.4, 0.5) is 0 Å². The molecule has 0 radical (unpaired) electrons. The van der Waals surface area contributed by atoms with Gasteiger partial charge in [0.1, 0.15) is 11.6 Å². The molecule has 0 N–H and O–H groups in total. The second kappa shape index (κ2) is 6.78. The van der Waals surface area contributed by atoms with Crippen molar-refractivity contribution in [2.75, 3.05) is 7.11 Å². The highest BCUT2D eigenvalue weighted by Gasteiger charge is 2.16. The van der Waals surface area contributed by atoms with Gasteiger partial charge < -0.3 is 9.30 Å². The number of rotatable bonds is 4. The van der Waals surface area contributed by atoms with Crippen molar-refractivity contribution in [1.82, 2.24) is 19.5 Å². The molecule has 3 aromatic carbocycles. The minimum atomic E-state index is 0.653. The van der Waals surface area contributed by atoms with Crippen LogP contribution in [0.2, 0.25) is 0 Å². The van der Waals surface area contributed by atoms with E-state index in [-0.39, 0.29) is 0 Å². The lowest BCUT2D eigenvalue weighted by Gasteiger charge is -2.09. The quantitative estimate of drug-likeness (QED) is 0.462. The normalized spacial score (nSPS) is 11.2. The van der Waals surface area contributed by atoms with Crippen LogP contribution in [0, 0.1) is 0 Å². The van der Waals surface area contributed by atoms with Crippen molar-refractivity contribution in [2.45, 2.75) is 6.54 Å². The van der Waals surface area contributed by atoms with E-state index >= 15 is 0 Å². The number of fused-ring (bicyclic) bond motifs is 2. The van der Waals surface area contributed by atoms with Gasteiger partial charge in [0.25, 0.3) is 0 Å². The summed E-state index contributed by atoms with van der Waals surface area (Å²) in [4.78, 5) is 14.4. The van der Waals surface area contributed by atoms with Gasteiger partial charge in [-0.1, -0.05) is 42.5 Å². The highest BCUT2D eigenvalue weighted by molar-refractivity contribution is 5.85. The van der Waals surface area contributed by atoms with Gasteiger partial charge in [-0.25, -0.2) is 15.0 Å². The van der Waals surface area contributed by atoms with E-state index in [4.69, 9.17) is 19.7 Å². The van der Waals surface area contributed by atoms with E-state index in [2.05, 4.69) is 16.7 Å². The summed E-state index contributed by atoms with van der Waals surface area (Å²) in [5, 5.41) is 0. The molecule has 5 aromatic rings. The zero-order chi connectivity index (χ0) is 18.9. The largest absolute Gasteiger partial charge is 0.497 e. The van der Waals surface area contributed by atoms with E-state index in [1.54, 1.807) is 7.11 Å². The van der Waals surface area contributed by atoms with E-state index in [9.17, 15) is 0 Å². The number of imidazole rings is 1. The van der Waals surface area contributed by atoms with Gasteiger partial charge in [0.05, 0.1) is 24.7 Å². The molecule has 0 saturated carbocycles. The fourth-order valence-electron chi connectivity index (χ4n) is 3.37. The van der Waals surface area contributed by atoms with E-state index in [0.717, 1.165) is 33.8 Å². The molecule has 2 heterocycles. The molecule has 0 aliphatic heterocycles. The molecule has 0 fully saturated rings. The molecule has 2 aromatic heterocycles. The molecule has 0 aliphatic rings. The van der Waals surface area contributed by atoms with Crippen molar-refractivity contribution in [3.05, 3.63) is 84.4 Å². The maximum absolute atomic E-state index is 5.29. The fraction of sp³-hybridized carbons (Fsp3) is 0.0870. The van der Waals surface area contributed by atoms with Crippen molar-refractivity contribution in [1.29, 1.82) is 0 Å². The summed E-state index contributed by atoms with van der Waals surface area (Å²) in [6.45, 7) is 0.672. The van der Waals surface area contributed by atoms with Crippen molar-refractivity contribution in [3.63, 3.8) is 0 Å². The molecule has 0 atom stereocenters. The smallest absolute Gasteiger partial charge is 0.198 e. The number of hydrogen-bond acceptors (Lipinski definition) is 4. The Morgan fingerprint density at radius 2 is 1.43 bits per heavy atom. The maximum Gasteiger partial charge on any atom is 0.198 e. The molecule has 28 heavy (non-hydrogen) atoms. The summed E-state index contributed by atoms with van der Waals surface area (Å²) in [5.41, 5.74) is 5.34. The third-order valence-corrected chi connectivity index (χ3v) is 4.79. The summed E-state index contributed by atoms with van der Waals surface area (Å²) in [6.07, 6.45) is 0. The lowest BCUT2D eigenvalue weighted by molar-refractivity contribution is 0.415. The molecule has 0 saturated heterocycles. The minimum Gasteiger partial charge on any atom is -0.497 e. The lowest BCUT2D eigenvalue weighted by atomic mass is 10.2. The predicted molar refractivity (Wildman–Crippen MR) is 110 cm³/mol. The van der Waals surface area contributed by atoms with Gasteiger partial charge in [0, 0.05) is 5.56 Å². The van der Waals surface area contributed by atoms with Crippen molar-refractivity contribution >= 4 is 22.3 Å². The predicted octanol–water partition coefficient (Wildman–Crippen LogP) is 4.70. The van der Waals surface area contributed by atoms with E-state index in [1.807, 2.05) is 66.7 Å². The van der Waals surface area contributed by atoms with Crippen LogP contribution >= 0.6 is 0 Å². The van der Waals surface area contributed by atoms with Crippen LogP contribution in [-0.4, -0.2) is 26.6 Å². The Bertz CT molecular complexity index is 1260. The number of methoxy groups -OCH3 is 1. The number of nitrogens with zero attached hydrogens (tertiary/aromatic N) is 4. The van der Waals surface area contributed by atoms with Crippen molar-refractivity contribution < 1.29 is 4.74 Å². The highest BCUT2D eigenvalue weighted by Crippen LogP contribution is 2.27. The van der Waals surface area contributed by atoms with Gasteiger partial charge in [-0.15, -0.1) is 0 Å². The summed E-state index contributed by atoms with van der Waals surface area (Å²) in [6, 6.07) is 26.1. The van der Waals surface area contributed by atoms with Gasteiger partial charge in [0.15, 0.2) is 11.3 Å². The van der Waals surface area contributed by atoms with Gasteiger partial charge in [-0.05, 0) is 42.0 Å². The second-order valence-corrected chi connectivity index (χ2v) is 6.60. The number of benzene rings is 3. The number of aromatic nitrogens is 4. The lowest BCUT2D eigenvalue weighted by Crippen LogP contribution is -2.03. The third-order valence-electron chi connectivity index (χ3n) is 4.79. The van der Waals surface area contributed by atoms with E-state index < -0.39 is 0 Å². The monoisotopic (exact) mass is 366 g/mol. The summed E-state index contributed by atoms with van der Waals surface area (Å²) in [5.74, 6) is 1.66. The molecule has 0 bridgehead atoms. The van der Waals surface area contributed by atoms with Crippen LogP contribution in [0.3, 0.4) is 0 Å². The number of para-hydroxylation sites is 2. The number of hydrogen-bond donors (Lipinski definition) is 0. The van der Waals surface area contributed by atoms with Gasteiger partial charge in [0.2, 0.25) is 0 Å². The van der Waals surface area contributed by atoms with Crippen LogP contribution in [-0.2, 0) is 6.54 Å². The van der Waals surface area contributed by atoms with Gasteiger partial charge in [-0.3, -0.25) is 0 Å². The molecular weight excluding hydrogens is 348 g/mol. The Morgan fingerprint density at radius 1 is 0.750 bits per heavy atom. The Labute approximate surface area is 162 Å². The first-order valence-corrected chi connectivity index (χ1v) is 9.13. The van der Waals surface area contributed by atoms with Crippen LogP contribution in [0.25, 0.3) is 33.7 Å². The van der Waals surface area contributed by atoms with Crippen LogP contribution < -0.4 is 4.74 Å². The second-order valence-electron chi connectivity index (χ2n) is 6.60. The molecule has 136 valence electrons. The SMILES string of the molecule is COc1ccc(-c2nc3nc4ccccc4nc3n2Cc2ccccc2)cc1. The van der Waals surface area contributed by atoms with Crippen LogP contribution in [0.15, 0.2) is 78.9 Å². The minimum absolute atomic E-state index is 0.653. The molecule has 5 rings (SSSR count).